The lowest BCUT2D eigenvalue weighted by Gasteiger charge is -2.29. The number of hydrogen-bond acceptors (Lipinski definition) is 2. The molecular formula is C7H9NO3. The van der Waals surface area contributed by atoms with Gasteiger partial charge < -0.3 is 9.84 Å². The van der Waals surface area contributed by atoms with Crippen molar-refractivity contribution in [3.05, 3.63) is 0 Å². The third-order valence-electron chi connectivity index (χ3n) is 1.57. The van der Waals surface area contributed by atoms with E-state index in [-0.39, 0.29) is 0 Å². The summed E-state index contributed by atoms with van der Waals surface area (Å²) in [6, 6.07) is -0.416. The Morgan fingerprint density at radius 3 is 3.00 bits per heavy atom. The number of nitrogens with zero attached hydrogens (tertiary/aromatic N) is 1. The van der Waals surface area contributed by atoms with Crippen molar-refractivity contribution in [3.63, 3.8) is 0 Å². The van der Waals surface area contributed by atoms with Gasteiger partial charge in [-0.25, -0.2) is 4.79 Å². The minimum atomic E-state index is -0.976. The summed E-state index contributed by atoms with van der Waals surface area (Å²) in [5.41, 5.74) is 0. The molecule has 0 saturated carbocycles. The molecule has 0 aromatic carbocycles. The minimum Gasteiger partial charge on any atom is -0.465 e. The Kier molecular flexibility index (Phi) is 2.34. The van der Waals surface area contributed by atoms with Crippen LogP contribution >= 0.6 is 0 Å². The largest absolute Gasteiger partial charge is 0.465 e. The van der Waals surface area contributed by atoms with E-state index in [0.29, 0.717) is 19.8 Å². The number of carboxylic acid groups (broad SMARTS) is 1. The maximum Gasteiger partial charge on any atom is 0.408 e. The number of carbonyl (C=O) groups is 1. The maximum atomic E-state index is 10.5. The summed E-state index contributed by atoms with van der Waals surface area (Å²) < 4.78 is 5.01. The Bertz CT molecular complexity index is 196. The maximum absolute atomic E-state index is 10.5. The van der Waals surface area contributed by atoms with Crippen molar-refractivity contribution >= 4 is 6.09 Å². The van der Waals surface area contributed by atoms with Crippen molar-refractivity contribution in [3.8, 4) is 12.3 Å². The van der Waals surface area contributed by atoms with Crippen molar-refractivity contribution in [2.24, 2.45) is 0 Å². The molecule has 4 nitrogen and oxygen atoms in total. The monoisotopic (exact) mass is 155 g/mol. The van der Waals surface area contributed by atoms with E-state index in [0.717, 1.165) is 0 Å². The molecule has 1 heterocycles. The van der Waals surface area contributed by atoms with Gasteiger partial charge in [0, 0.05) is 6.54 Å². The summed E-state index contributed by atoms with van der Waals surface area (Å²) in [5.74, 6) is 2.36. The molecule has 0 radical (unpaired) electrons. The zero-order valence-electron chi connectivity index (χ0n) is 5.99. The number of amides is 1. The quantitative estimate of drug-likeness (QED) is 0.501. The predicted molar refractivity (Wildman–Crippen MR) is 38.2 cm³/mol. The van der Waals surface area contributed by atoms with Gasteiger partial charge in [0.05, 0.1) is 13.2 Å². The average molecular weight is 155 g/mol. The molecule has 0 bridgehead atoms. The number of terminal acetylenes is 1. The van der Waals surface area contributed by atoms with E-state index in [2.05, 4.69) is 5.92 Å². The molecule has 0 aliphatic carbocycles. The van der Waals surface area contributed by atoms with E-state index in [4.69, 9.17) is 16.3 Å². The summed E-state index contributed by atoms with van der Waals surface area (Å²) in [5, 5.41) is 8.61. The second-order valence-corrected chi connectivity index (χ2v) is 2.23. The van der Waals surface area contributed by atoms with Gasteiger partial charge in [-0.2, -0.15) is 0 Å². The van der Waals surface area contributed by atoms with Gasteiger partial charge in [-0.1, -0.05) is 5.92 Å². The van der Waals surface area contributed by atoms with E-state index in [1.54, 1.807) is 0 Å². The Balaban J connectivity index is 2.60. The molecule has 1 unspecified atom stereocenters. The van der Waals surface area contributed by atoms with Crippen molar-refractivity contribution in [2.45, 2.75) is 6.04 Å². The molecule has 1 N–H and O–H groups in total. The normalized spacial score (nSPS) is 24.3. The fourth-order valence-electron chi connectivity index (χ4n) is 0.971. The topological polar surface area (TPSA) is 49.8 Å². The zero-order valence-corrected chi connectivity index (χ0v) is 5.99. The van der Waals surface area contributed by atoms with E-state index in [1.807, 2.05) is 0 Å². The Labute approximate surface area is 64.8 Å². The Morgan fingerprint density at radius 1 is 1.82 bits per heavy atom. The first-order valence-electron chi connectivity index (χ1n) is 3.29. The van der Waals surface area contributed by atoms with E-state index in [1.165, 1.54) is 4.90 Å². The van der Waals surface area contributed by atoms with Gasteiger partial charge in [0.2, 0.25) is 0 Å². The summed E-state index contributed by atoms with van der Waals surface area (Å²) >= 11 is 0. The van der Waals surface area contributed by atoms with E-state index in [9.17, 15) is 4.79 Å². The molecule has 1 aliphatic heterocycles. The smallest absolute Gasteiger partial charge is 0.408 e. The fraction of sp³-hybridized carbons (Fsp3) is 0.571. The highest BCUT2D eigenvalue weighted by Gasteiger charge is 2.24. The third-order valence-corrected chi connectivity index (χ3v) is 1.57. The number of ether oxygens (including phenoxy) is 1. The van der Waals surface area contributed by atoms with Crippen molar-refractivity contribution < 1.29 is 14.6 Å². The predicted octanol–water partition coefficient (Wildman–Crippen LogP) is -0.00160. The number of rotatable bonds is 0. The van der Waals surface area contributed by atoms with Crippen molar-refractivity contribution in [2.75, 3.05) is 19.8 Å². The molecule has 0 aromatic rings. The van der Waals surface area contributed by atoms with Gasteiger partial charge in [0.15, 0.2) is 0 Å². The molecule has 0 spiro atoms. The van der Waals surface area contributed by atoms with Crippen LogP contribution in [0.25, 0.3) is 0 Å². The average Bonchev–Trinajstić information content (AvgIpc) is 2.04. The van der Waals surface area contributed by atoms with Crippen LogP contribution in [0.5, 0.6) is 0 Å². The van der Waals surface area contributed by atoms with Gasteiger partial charge >= 0.3 is 6.09 Å². The molecule has 60 valence electrons. The van der Waals surface area contributed by atoms with Gasteiger partial charge in [-0.15, -0.1) is 6.42 Å². The lowest BCUT2D eigenvalue weighted by atomic mass is 10.2. The van der Waals surface area contributed by atoms with E-state index < -0.39 is 12.1 Å². The van der Waals surface area contributed by atoms with Crippen LogP contribution in [0.15, 0.2) is 0 Å². The zero-order chi connectivity index (χ0) is 8.27. The molecule has 4 heteroatoms. The van der Waals surface area contributed by atoms with Crippen LogP contribution < -0.4 is 0 Å². The molecule has 0 aromatic heterocycles. The van der Waals surface area contributed by atoms with Crippen LogP contribution in [0.3, 0.4) is 0 Å². The third kappa shape index (κ3) is 1.63. The van der Waals surface area contributed by atoms with Crippen LogP contribution in [0, 0.1) is 12.3 Å². The fourth-order valence-corrected chi connectivity index (χ4v) is 0.971. The minimum absolute atomic E-state index is 0.308. The van der Waals surface area contributed by atoms with E-state index >= 15 is 0 Å². The highest BCUT2D eigenvalue weighted by atomic mass is 16.5. The first-order chi connectivity index (χ1) is 5.25. The van der Waals surface area contributed by atoms with Gasteiger partial charge in [0.25, 0.3) is 0 Å². The standard InChI is InChI=1S/C7H9NO3/c1-2-6-5-11-4-3-8(6)7(9)10/h1,6H,3-5H2,(H,9,10). The molecule has 1 aliphatic rings. The molecule has 1 amide bonds. The highest BCUT2D eigenvalue weighted by Crippen LogP contribution is 2.05. The number of hydrogen-bond donors (Lipinski definition) is 1. The van der Waals surface area contributed by atoms with Crippen molar-refractivity contribution in [1.29, 1.82) is 0 Å². The first-order valence-corrected chi connectivity index (χ1v) is 3.29. The Hall–Kier alpha value is -1.21. The van der Waals surface area contributed by atoms with Gasteiger partial charge in [-0.05, 0) is 0 Å². The van der Waals surface area contributed by atoms with Crippen LogP contribution in [0.4, 0.5) is 4.79 Å². The lowest BCUT2D eigenvalue weighted by Crippen LogP contribution is -2.47. The first kappa shape index (κ1) is 7.89. The molecule has 1 fully saturated rings. The molecule has 1 atom stereocenters. The Morgan fingerprint density at radius 2 is 2.55 bits per heavy atom. The van der Waals surface area contributed by atoms with Gasteiger partial charge in [-0.3, -0.25) is 4.90 Å². The van der Waals surface area contributed by atoms with Crippen LogP contribution in [0.2, 0.25) is 0 Å². The molecular weight excluding hydrogens is 146 g/mol. The molecule has 1 rings (SSSR count). The summed E-state index contributed by atoms with van der Waals surface area (Å²) in [4.78, 5) is 11.7. The van der Waals surface area contributed by atoms with Gasteiger partial charge in [0.1, 0.15) is 6.04 Å². The summed E-state index contributed by atoms with van der Waals surface area (Å²) in [6.45, 7) is 1.11. The molecule has 1 saturated heterocycles. The highest BCUT2D eigenvalue weighted by molar-refractivity contribution is 5.66. The summed E-state index contributed by atoms with van der Waals surface area (Å²) in [7, 11) is 0. The lowest BCUT2D eigenvalue weighted by molar-refractivity contribution is 0.0184. The van der Waals surface area contributed by atoms with Crippen LogP contribution in [-0.4, -0.2) is 41.9 Å². The van der Waals surface area contributed by atoms with Crippen LogP contribution in [0.1, 0.15) is 0 Å². The van der Waals surface area contributed by atoms with Crippen LogP contribution in [-0.2, 0) is 4.74 Å². The van der Waals surface area contributed by atoms with Crippen molar-refractivity contribution in [1.82, 2.24) is 4.90 Å². The number of morpholine rings is 1. The molecule has 11 heavy (non-hydrogen) atoms. The SMILES string of the molecule is C#CC1COCCN1C(=O)O. The summed E-state index contributed by atoms with van der Waals surface area (Å²) in [6.07, 6.45) is 4.12. The second kappa shape index (κ2) is 3.26. The second-order valence-electron chi connectivity index (χ2n) is 2.23.